The number of H-pyrrole nitrogens is 1. The zero-order chi connectivity index (χ0) is 22.7. The zero-order valence-electron chi connectivity index (χ0n) is 17.4. The summed E-state index contributed by atoms with van der Waals surface area (Å²) in [6.45, 7) is 0. The first kappa shape index (κ1) is 20.6. The number of rotatable bonds is 6. The van der Waals surface area contributed by atoms with Crippen molar-refractivity contribution in [1.29, 1.82) is 5.26 Å². The van der Waals surface area contributed by atoms with Crippen LogP contribution in [0, 0.1) is 11.3 Å². The van der Waals surface area contributed by atoms with Crippen molar-refractivity contribution < 1.29 is 14.3 Å². The molecular weight excluding hydrogens is 406 g/mol. The van der Waals surface area contributed by atoms with Crippen molar-refractivity contribution in [3.63, 3.8) is 0 Å². The Labute approximate surface area is 183 Å². The Kier molecular flexibility index (Phi) is 5.55. The lowest BCUT2D eigenvalue weighted by Gasteiger charge is -2.08. The molecule has 0 aliphatic carbocycles. The summed E-state index contributed by atoms with van der Waals surface area (Å²) < 4.78 is 10.7. The second-order valence-electron chi connectivity index (χ2n) is 6.94. The van der Waals surface area contributed by atoms with Crippen molar-refractivity contribution in [2.45, 2.75) is 0 Å². The predicted molar refractivity (Wildman–Crippen MR) is 121 cm³/mol. The molecule has 0 fully saturated rings. The van der Waals surface area contributed by atoms with Crippen LogP contribution in [-0.2, 0) is 4.79 Å². The maximum atomic E-state index is 11.5. The van der Waals surface area contributed by atoms with Crippen LogP contribution in [0.1, 0.15) is 5.56 Å². The minimum absolute atomic E-state index is 0.141. The number of methoxy groups -OCH3 is 2. The Morgan fingerprint density at radius 1 is 1.09 bits per heavy atom. The van der Waals surface area contributed by atoms with Crippen LogP contribution in [0.25, 0.3) is 39.4 Å². The van der Waals surface area contributed by atoms with Gasteiger partial charge in [-0.3, -0.25) is 4.79 Å². The molecule has 0 aliphatic heterocycles. The number of hydrogen-bond donors (Lipinski definition) is 2. The number of hydrogen-bond acceptors (Lipinski definition) is 6. The lowest BCUT2D eigenvalue weighted by Crippen LogP contribution is -2.12. The fourth-order valence-electron chi connectivity index (χ4n) is 3.40. The smallest absolute Gasteiger partial charge is 0.259 e. The highest BCUT2D eigenvalue weighted by molar-refractivity contribution is 6.01. The summed E-state index contributed by atoms with van der Waals surface area (Å²) in [4.78, 5) is 23.4. The first-order valence-corrected chi connectivity index (χ1v) is 9.61. The monoisotopic (exact) mass is 425 g/mol. The number of nitrogens with zero attached hydrogens (tertiary/aromatic N) is 3. The number of benzene rings is 1. The first-order valence-electron chi connectivity index (χ1n) is 9.61. The number of aromatic nitrogens is 3. The average Bonchev–Trinajstić information content (AvgIpc) is 3.25. The van der Waals surface area contributed by atoms with Gasteiger partial charge in [0.15, 0.2) is 0 Å². The highest BCUT2D eigenvalue weighted by atomic mass is 16.5. The van der Waals surface area contributed by atoms with E-state index in [4.69, 9.17) is 20.5 Å². The molecular formula is C24H19N5O3. The highest BCUT2D eigenvalue weighted by Crippen LogP contribution is 2.33. The van der Waals surface area contributed by atoms with Gasteiger partial charge < -0.3 is 20.2 Å². The molecule has 0 spiro atoms. The van der Waals surface area contributed by atoms with Crippen LogP contribution in [0.15, 0.2) is 60.6 Å². The number of pyridine rings is 2. The molecule has 0 aliphatic rings. The largest absolute Gasteiger partial charge is 0.497 e. The van der Waals surface area contributed by atoms with Crippen LogP contribution in [0.3, 0.4) is 0 Å². The van der Waals surface area contributed by atoms with Gasteiger partial charge in [-0.25, -0.2) is 9.97 Å². The molecule has 0 radical (unpaired) electrons. The van der Waals surface area contributed by atoms with Crippen molar-refractivity contribution in [3.05, 3.63) is 66.1 Å². The zero-order valence-corrected chi connectivity index (χ0v) is 17.4. The van der Waals surface area contributed by atoms with E-state index in [1.807, 2.05) is 42.6 Å². The number of nitrogens with two attached hydrogens (primary N) is 1. The Bertz CT molecular complexity index is 1400. The lowest BCUT2D eigenvalue weighted by atomic mass is 10.00. The van der Waals surface area contributed by atoms with E-state index >= 15 is 0 Å². The molecule has 1 amide bonds. The fourth-order valence-corrected chi connectivity index (χ4v) is 3.40. The van der Waals surface area contributed by atoms with Gasteiger partial charge in [0, 0.05) is 41.2 Å². The molecule has 32 heavy (non-hydrogen) atoms. The summed E-state index contributed by atoms with van der Waals surface area (Å²) >= 11 is 0. The molecule has 0 atom stereocenters. The van der Waals surface area contributed by atoms with Crippen molar-refractivity contribution in [3.8, 4) is 40.0 Å². The van der Waals surface area contributed by atoms with Crippen LogP contribution in [0.5, 0.6) is 11.6 Å². The molecule has 3 heterocycles. The van der Waals surface area contributed by atoms with E-state index in [2.05, 4.69) is 15.0 Å². The van der Waals surface area contributed by atoms with Crippen LogP contribution in [0.2, 0.25) is 0 Å². The minimum atomic E-state index is -0.787. The van der Waals surface area contributed by atoms with Gasteiger partial charge >= 0.3 is 0 Å². The predicted octanol–water partition coefficient (Wildman–Crippen LogP) is 3.70. The third-order valence-corrected chi connectivity index (χ3v) is 4.98. The average molecular weight is 425 g/mol. The first-order chi connectivity index (χ1) is 15.5. The number of amides is 1. The molecule has 8 nitrogen and oxygen atoms in total. The van der Waals surface area contributed by atoms with Crippen molar-refractivity contribution in [2.75, 3.05) is 14.2 Å². The van der Waals surface area contributed by atoms with Crippen molar-refractivity contribution >= 4 is 23.0 Å². The summed E-state index contributed by atoms with van der Waals surface area (Å²) in [6, 6.07) is 13.0. The van der Waals surface area contributed by atoms with E-state index in [0.29, 0.717) is 17.2 Å². The molecule has 8 heteroatoms. The summed E-state index contributed by atoms with van der Waals surface area (Å²) in [6.07, 6.45) is 6.76. The Morgan fingerprint density at radius 2 is 1.94 bits per heavy atom. The number of carbonyl (C=O) groups excluding carboxylic acids is 1. The fraction of sp³-hybridized carbons (Fsp3) is 0.0833. The van der Waals surface area contributed by atoms with E-state index in [9.17, 15) is 4.79 Å². The van der Waals surface area contributed by atoms with Crippen LogP contribution in [-0.4, -0.2) is 35.1 Å². The summed E-state index contributed by atoms with van der Waals surface area (Å²) in [5.74, 6) is 0.307. The van der Waals surface area contributed by atoms with E-state index in [-0.39, 0.29) is 5.57 Å². The number of nitrogens with one attached hydrogen (secondary N) is 1. The van der Waals surface area contributed by atoms with Gasteiger partial charge in [0.05, 0.1) is 14.2 Å². The maximum absolute atomic E-state index is 11.5. The Morgan fingerprint density at radius 3 is 2.66 bits per heavy atom. The standard InChI is InChI=1S/C24H19N5O3/c1-31-19-7-14(6-17(11-25)23(26)30)5-16(8-19)18-9-20-21(13-29-24(20)28-12-18)15-3-4-27-22(10-15)32-2/h3-10,12-13H,1-2H3,(H2,26,30)(H,28,29)/b17-6+. The normalized spacial score (nSPS) is 11.2. The third kappa shape index (κ3) is 4.00. The van der Waals surface area contributed by atoms with Gasteiger partial charge in [-0.15, -0.1) is 0 Å². The lowest BCUT2D eigenvalue weighted by molar-refractivity contribution is -0.114. The number of aromatic amines is 1. The van der Waals surface area contributed by atoms with Crippen LogP contribution >= 0.6 is 0 Å². The van der Waals surface area contributed by atoms with E-state index in [1.165, 1.54) is 6.08 Å². The van der Waals surface area contributed by atoms with Crippen LogP contribution < -0.4 is 15.2 Å². The van der Waals surface area contributed by atoms with E-state index in [0.717, 1.165) is 33.3 Å². The number of ether oxygens (including phenoxy) is 2. The second kappa shape index (κ2) is 8.62. The van der Waals surface area contributed by atoms with Gasteiger partial charge in [-0.1, -0.05) is 0 Å². The second-order valence-corrected chi connectivity index (χ2v) is 6.94. The molecule has 0 saturated heterocycles. The van der Waals surface area contributed by atoms with Gasteiger partial charge in [-0.05, 0) is 53.1 Å². The molecule has 3 aromatic heterocycles. The highest BCUT2D eigenvalue weighted by Gasteiger charge is 2.12. The topological polar surface area (TPSA) is 127 Å². The van der Waals surface area contributed by atoms with E-state index in [1.54, 1.807) is 32.7 Å². The maximum Gasteiger partial charge on any atom is 0.259 e. The van der Waals surface area contributed by atoms with Gasteiger partial charge in [0.25, 0.3) is 5.91 Å². The molecule has 158 valence electrons. The number of carbonyl (C=O) groups is 1. The molecule has 0 bridgehead atoms. The SMILES string of the molecule is COc1cc(/C=C(\C#N)C(N)=O)cc(-c2cnc3[nH]cc(-c4ccnc(OC)c4)c3c2)c1. The quantitative estimate of drug-likeness (QED) is 0.358. The third-order valence-electron chi connectivity index (χ3n) is 4.98. The molecule has 3 N–H and O–H groups in total. The van der Waals surface area contributed by atoms with Crippen LogP contribution in [0.4, 0.5) is 0 Å². The van der Waals surface area contributed by atoms with Crippen molar-refractivity contribution in [2.24, 2.45) is 5.73 Å². The summed E-state index contributed by atoms with van der Waals surface area (Å²) in [5.41, 5.74) is 10.0. The van der Waals surface area contributed by atoms with Gasteiger partial charge in [0.2, 0.25) is 5.88 Å². The molecule has 0 saturated carbocycles. The van der Waals surface area contributed by atoms with E-state index < -0.39 is 5.91 Å². The molecule has 1 aromatic carbocycles. The number of primary amides is 1. The summed E-state index contributed by atoms with van der Waals surface area (Å²) in [7, 11) is 3.13. The Balaban J connectivity index is 1.84. The summed E-state index contributed by atoms with van der Waals surface area (Å²) in [5, 5.41) is 10.1. The molecule has 0 unspecified atom stereocenters. The van der Waals surface area contributed by atoms with Crippen molar-refractivity contribution in [1.82, 2.24) is 15.0 Å². The molecule has 4 rings (SSSR count). The van der Waals surface area contributed by atoms with Gasteiger partial charge in [-0.2, -0.15) is 5.26 Å². The number of fused-ring (bicyclic) bond motifs is 1. The Hall–Kier alpha value is -4.64. The molecule has 4 aromatic rings. The number of nitriles is 1. The minimum Gasteiger partial charge on any atom is -0.497 e. The van der Waals surface area contributed by atoms with Gasteiger partial charge in [0.1, 0.15) is 23.0 Å².